The van der Waals surface area contributed by atoms with Crippen LogP contribution in [0.2, 0.25) is 0 Å². The largest absolute Gasteiger partial charge is 0.382 e. The second kappa shape index (κ2) is 7.88. The van der Waals surface area contributed by atoms with Gasteiger partial charge in [0.05, 0.1) is 21.3 Å². The fourth-order valence-corrected chi connectivity index (χ4v) is 4.75. The van der Waals surface area contributed by atoms with Gasteiger partial charge in [0, 0.05) is 41.5 Å². The van der Waals surface area contributed by atoms with E-state index in [-0.39, 0.29) is 11.8 Å². The lowest BCUT2D eigenvalue weighted by molar-refractivity contribution is 0.101. The number of hydrogen-bond acceptors (Lipinski definition) is 8. The lowest BCUT2D eigenvalue weighted by atomic mass is 10.2. The molecule has 0 spiro atoms. The number of anilines is 3. The van der Waals surface area contributed by atoms with E-state index in [9.17, 15) is 4.79 Å². The summed E-state index contributed by atoms with van der Waals surface area (Å²) >= 11 is 3.12. The van der Waals surface area contributed by atoms with Crippen molar-refractivity contribution >= 4 is 55.9 Å². The van der Waals surface area contributed by atoms with Crippen LogP contribution in [-0.2, 0) is 0 Å². The number of nitrogens with zero attached hydrogens (tertiary/aromatic N) is 3. The van der Waals surface area contributed by atoms with E-state index in [1.54, 1.807) is 24.5 Å². The van der Waals surface area contributed by atoms with Gasteiger partial charge in [-0.05, 0) is 39.0 Å². The molecule has 1 aromatic carbocycles. The molecule has 0 bridgehead atoms. The van der Waals surface area contributed by atoms with Crippen molar-refractivity contribution in [2.45, 2.75) is 33.7 Å². The first-order valence-corrected chi connectivity index (χ1v) is 11.0. The van der Waals surface area contributed by atoms with Crippen molar-refractivity contribution < 1.29 is 4.79 Å². The van der Waals surface area contributed by atoms with Crippen LogP contribution in [0.25, 0.3) is 20.8 Å². The molecule has 3 heterocycles. The van der Waals surface area contributed by atoms with Gasteiger partial charge in [-0.25, -0.2) is 15.0 Å². The van der Waals surface area contributed by atoms with Gasteiger partial charge in [0.2, 0.25) is 0 Å². The molecular weight excluding hydrogens is 402 g/mol. The zero-order valence-corrected chi connectivity index (χ0v) is 18.2. The van der Waals surface area contributed by atoms with Crippen LogP contribution < -0.4 is 10.6 Å². The number of ketones is 1. The van der Waals surface area contributed by atoms with Crippen LogP contribution in [0.5, 0.6) is 0 Å². The first kappa shape index (κ1) is 19.5. The lowest BCUT2D eigenvalue weighted by Gasteiger charge is -2.15. The van der Waals surface area contributed by atoms with Gasteiger partial charge in [0.1, 0.15) is 16.5 Å². The molecule has 0 fully saturated rings. The number of hydrogen-bond donors (Lipinski definition) is 2. The van der Waals surface area contributed by atoms with Crippen LogP contribution >= 0.6 is 22.7 Å². The zero-order chi connectivity index (χ0) is 20.5. The summed E-state index contributed by atoms with van der Waals surface area (Å²) in [6, 6.07) is 8.29. The fraction of sp³-hybridized carbons (Fsp3) is 0.238. The number of aromatic nitrogens is 3. The van der Waals surface area contributed by atoms with Crippen LogP contribution in [0.3, 0.4) is 0 Å². The van der Waals surface area contributed by atoms with Crippen molar-refractivity contribution in [3.63, 3.8) is 0 Å². The summed E-state index contributed by atoms with van der Waals surface area (Å²) in [5, 5.41) is 7.64. The van der Waals surface area contributed by atoms with Crippen molar-refractivity contribution in [2.75, 3.05) is 10.6 Å². The molecule has 0 saturated carbocycles. The van der Waals surface area contributed by atoms with Gasteiger partial charge in [-0.3, -0.25) is 4.79 Å². The molecule has 4 rings (SSSR count). The van der Waals surface area contributed by atoms with Gasteiger partial charge in [-0.1, -0.05) is 0 Å². The highest BCUT2D eigenvalue weighted by Crippen LogP contribution is 2.35. The molecular formula is C21H21N5OS2. The SMILES string of the molecule is CC(=O)c1nc(-c2cnc(Nc3ccc4ncsc4c3)cc2NC(C)C)sc1C. The average molecular weight is 424 g/mol. The monoisotopic (exact) mass is 423 g/mol. The maximum Gasteiger partial charge on any atom is 0.179 e. The van der Waals surface area contributed by atoms with Gasteiger partial charge < -0.3 is 10.6 Å². The van der Waals surface area contributed by atoms with Gasteiger partial charge in [-0.15, -0.1) is 22.7 Å². The minimum absolute atomic E-state index is 0.0203. The normalized spacial score (nSPS) is 11.2. The third-order valence-corrected chi connectivity index (χ3v) is 6.11. The molecule has 4 aromatic rings. The third kappa shape index (κ3) is 4.13. The first-order chi connectivity index (χ1) is 13.9. The molecule has 2 N–H and O–H groups in total. The molecule has 3 aromatic heterocycles. The maximum atomic E-state index is 11.8. The van der Waals surface area contributed by atoms with E-state index in [0.29, 0.717) is 5.69 Å². The number of fused-ring (bicyclic) bond motifs is 1. The number of thiazole rings is 2. The summed E-state index contributed by atoms with van der Waals surface area (Å²) in [6.45, 7) is 7.64. The third-order valence-electron chi connectivity index (χ3n) is 4.31. The number of carbonyl (C=O) groups is 1. The van der Waals surface area contributed by atoms with E-state index in [1.807, 2.05) is 30.6 Å². The van der Waals surface area contributed by atoms with Crippen LogP contribution in [-0.4, -0.2) is 26.8 Å². The molecule has 6 nitrogen and oxygen atoms in total. The summed E-state index contributed by atoms with van der Waals surface area (Å²) in [7, 11) is 0. The van der Waals surface area contributed by atoms with Crippen LogP contribution in [0.15, 0.2) is 36.0 Å². The van der Waals surface area contributed by atoms with Crippen LogP contribution in [0, 0.1) is 6.92 Å². The number of benzene rings is 1. The topological polar surface area (TPSA) is 79.8 Å². The minimum atomic E-state index is -0.0203. The van der Waals surface area contributed by atoms with Crippen molar-refractivity contribution in [2.24, 2.45) is 0 Å². The minimum Gasteiger partial charge on any atom is -0.382 e. The lowest BCUT2D eigenvalue weighted by Crippen LogP contribution is -2.11. The van der Waals surface area contributed by atoms with Gasteiger partial charge >= 0.3 is 0 Å². The Labute approximate surface area is 177 Å². The molecule has 0 amide bonds. The Balaban J connectivity index is 1.70. The molecule has 0 atom stereocenters. The highest BCUT2D eigenvalue weighted by Gasteiger charge is 2.17. The molecule has 0 radical (unpaired) electrons. The Morgan fingerprint density at radius 1 is 1.17 bits per heavy atom. The van der Waals surface area contributed by atoms with Gasteiger partial charge in [-0.2, -0.15) is 0 Å². The zero-order valence-electron chi connectivity index (χ0n) is 16.6. The second-order valence-corrected chi connectivity index (χ2v) is 9.14. The molecule has 148 valence electrons. The number of carbonyl (C=O) groups excluding carboxylic acids is 1. The van der Waals surface area contributed by atoms with E-state index < -0.39 is 0 Å². The number of nitrogens with one attached hydrogen (secondary N) is 2. The van der Waals surface area contributed by atoms with Gasteiger partial charge in [0.25, 0.3) is 0 Å². The molecule has 8 heteroatoms. The predicted molar refractivity (Wildman–Crippen MR) is 122 cm³/mol. The number of aryl methyl sites for hydroxylation is 1. The molecule has 29 heavy (non-hydrogen) atoms. The van der Waals surface area contributed by atoms with Crippen molar-refractivity contribution in [3.05, 3.63) is 46.5 Å². The highest BCUT2D eigenvalue weighted by atomic mass is 32.1. The Kier molecular flexibility index (Phi) is 5.29. The summed E-state index contributed by atoms with van der Waals surface area (Å²) in [5.41, 5.74) is 6.15. The molecule has 0 aliphatic carbocycles. The Bertz CT molecular complexity index is 1190. The maximum absolute atomic E-state index is 11.8. The predicted octanol–water partition coefficient (Wildman–Crippen LogP) is 5.89. The van der Waals surface area contributed by atoms with Crippen molar-refractivity contribution in [1.29, 1.82) is 0 Å². The van der Waals surface area contributed by atoms with E-state index in [4.69, 9.17) is 0 Å². The Morgan fingerprint density at radius 2 is 2.00 bits per heavy atom. The molecule has 0 saturated heterocycles. The summed E-state index contributed by atoms with van der Waals surface area (Å²) in [5.74, 6) is 0.717. The molecule has 0 aliphatic rings. The smallest absolute Gasteiger partial charge is 0.179 e. The quantitative estimate of drug-likeness (QED) is 0.376. The number of pyridine rings is 1. The van der Waals surface area contributed by atoms with E-state index in [2.05, 4.69) is 45.5 Å². The van der Waals surface area contributed by atoms with Crippen LogP contribution in [0.4, 0.5) is 17.2 Å². The fourth-order valence-electron chi connectivity index (χ4n) is 3.04. The summed E-state index contributed by atoms with van der Waals surface area (Å²) < 4.78 is 1.13. The summed E-state index contributed by atoms with van der Waals surface area (Å²) in [4.78, 5) is 26.2. The van der Waals surface area contributed by atoms with Crippen molar-refractivity contribution in [1.82, 2.24) is 15.0 Å². The number of rotatable bonds is 6. The highest BCUT2D eigenvalue weighted by molar-refractivity contribution is 7.16. The van der Waals surface area contributed by atoms with E-state index >= 15 is 0 Å². The summed E-state index contributed by atoms with van der Waals surface area (Å²) in [6.07, 6.45) is 1.81. The Morgan fingerprint density at radius 3 is 2.72 bits per heavy atom. The van der Waals surface area contributed by atoms with Gasteiger partial charge in [0.15, 0.2) is 5.78 Å². The molecule has 0 aliphatic heterocycles. The average Bonchev–Trinajstić information content (AvgIpc) is 3.27. The van der Waals surface area contributed by atoms with Crippen molar-refractivity contribution in [3.8, 4) is 10.6 Å². The first-order valence-electron chi connectivity index (χ1n) is 9.26. The van der Waals surface area contributed by atoms with Crippen LogP contribution in [0.1, 0.15) is 36.1 Å². The van der Waals surface area contributed by atoms with E-state index in [1.165, 1.54) is 11.3 Å². The van der Waals surface area contributed by atoms with E-state index in [0.717, 1.165) is 42.9 Å². The molecule has 0 unspecified atom stereocenters. The Hall–Kier alpha value is -2.84. The second-order valence-electron chi connectivity index (χ2n) is 7.05. The number of Topliss-reactive ketones (excluding diaryl/α,β-unsaturated/α-hetero) is 1. The standard InChI is InChI=1S/C21H21N5OS2/c1-11(2)24-17-8-19(25-14-5-6-16-18(7-14)28-10-23-16)22-9-15(17)21-26-20(12(3)27)13(4)29-21/h5-11H,1-4H3,(H2,22,24,25).